The highest BCUT2D eigenvalue weighted by Gasteiger charge is 2.17. The van der Waals surface area contributed by atoms with Crippen molar-refractivity contribution >= 4 is 31.8 Å². The Kier molecular flexibility index (Phi) is 5.71. The van der Waals surface area contributed by atoms with Crippen molar-refractivity contribution in [1.29, 1.82) is 0 Å². The lowest BCUT2D eigenvalue weighted by Crippen LogP contribution is -2.31. The van der Waals surface area contributed by atoms with Crippen LogP contribution in [0.3, 0.4) is 0 Å². The Morgan fingerprint density at radius 1 is 1.12 bits per heavy atom. The summed E-state index contributed by atoms with van der Waals surface area (Å²) in [5, 5.41) is 0. The molecule has 2 aromatic rings. The molecular formula is C17H21BrN4O2S. The first-order chi connectivity index (χ1) is 11.9. The van der Waals surface area contributed by atoms with Gasteiger partial charge in [-0.2, -0.15) is 0 Å². The zero-order valence-corrected chi connectivity index (χ0v) is 16.5. The quantitative estimate of drug-likeness (QED) is 0.797. The third-order valence-corrected chi connectivity index (χ3v) is 6.06. The van der Waals surface area contributed by atoms with Gasteiger partial charge in [-0.15, -0.1) is 0 Å². The van der Waals surface area contributed by atoms with Gasteiger partial charge in [-0.1, -0.05) is 15.9 Å². The minimum absolute atomic E-state index is 0.0704. The minimum atomic E-state index is -3.59. The molecule has 3 rings (SSSR count). The van der Waals surface area contributed by atoms with Crippen LogP contribution in [-0.4, -0.2) is 31.5 Å². The Hall–Kier alpha value is -1.51. The molecule has 6 nitrogen and oxygen atoms in total. The third kappa shape index (κ3) is 4.77. The Labute approximate surface area is 156 Å². The molecule has 1 aliphatic rings. The van der Waals surface area contributed by atoms with Crippen LogP contribution in [-0.2, 0) is 16.6 Å². The molecule has 0 radical (unpaired) electrons. The third-order valence-electron chi connectivity index (χ3n) is 4.11. The summed E-state index contributed by atoms with van der Waals surface area (Å²) in [4.78, 5) is 11.4. The van der Waals surface area contributed by atoms with Crippen LogP contribution in [0.1, 0.15) is 30.8 Å². The highest BCUT2D eigenvalue weighted by Crippen LogP contribution is 2.19. The molecule has 0 unspecified atom stereocenters. The number of nitrogens with one attached hydrogen (secondary N) is 1. The predicted molar refractivity (Wildman–Crippen MR) is 101 cm³/mol. The maximum Gasteiger partial charge on any atom is 0.240 e. The average Bonchev–Trinajstić information content (AvgIpc) is 2.61. The molecule has 1 fully saturated rings. The van der Waals surface area contributed by atoms with Gasteiger partial charge in [0.15, 0.2) is 0 Å². The SMILES string of the molecule is Cc1cc(N2CCCCC2)nc(CNS(=O)(=O)c2ccc(Br)cc2)n1. The van der Waals surface area contributed by atoms with Crippen LogP contribution in [0.5, 0.6) is 0 Å². The fraction of sp³-hybridized carbons (Fsp3) is 0.412. The summed E-state index contributed by atoms with van der Waals surface area (Å²) in [5.41, 5.74) is 0.841. The maximum atomic E-state index is 12.4. The number of aryl methyl sites for hydroxylation is 1. The topological polar surface area (TPSA) is 75.2 Å². The van der Waals surface area contributed by atoms with Crippen LogP contribution < -0.4 is 9.62 Å². The Balaban J connectivity index is 1.74. The van der Waals surface area contributed by atoms with Crippen molar-refractivity contribution in [1.82, 2.24) is 14.7 Å². The van der Waals surface area contributed by atoms with E-state index in [0.29, 0.717) is 5.82 Å². The number of anilines is 1. The van der Waals surface area contributed by atoms with E-state index in [4.69, 9.17) is 0 Å². The highest BCUT2D eigenvalue weighted by molar-refractivity contribution is 9.10. The van der Waals surface area contributed by atoms with Crippen LogP contribution in [0.4, 0.5) is 5.82 Å². The van der Waals surface area contributed by atoms with Gasteiger partial charge < -0.3 is 4.90 Å². The molecule has 8 heteroatoms. The van der Waals surface area contributed by atoms with Crippen molar-refractivity contribution in [3.8, 4) is 0 Å². The minimum Gasteiger partial charge on any atom is -0.357 e. The number of hydrogen-bond acceptors (Lipinski definition) is 5. The van der Waals surface area contributed by atoms with Gasteiger partial charge in [0.1, 0.15) is 11.6 Å². The Morgan fingerprint density at radius 3 is 2.48 bits per heavy atom. The lowest BCUT2D eigenvalue weighted by Gasteiger charge is -2.28. The molecule has 0 saturated carbocycles. The van der Waals surface area contributed by atoms with Gasteiger partial charge in [-0.05, 0) is 50.5 Å². The van der Waals surface area contributed by atoms with Gasteiger partial charge in [0.25, 0.3) is 0 Å². The van der Waals surface area contributed by atoms with E-state index in [2.05, 4.69) is 35.5 Å². The lowest BCUT2D eigenvalue weighted by molar-refractivity contribution is 0.569. The number of halogens is 1. The summed E-state index contributed by atoms with van der Waals surface area (Å²) in [6.07, 6.45) is 3.57. The largest absolute Gasteiger partial charge is 0.357 e. The molecule has 1 N–H and O–H groups in total. The molecule has 1 aliphatic heterocycles. The molecular weight excluding hydrogens is 404 g/mol. The van der Waals surface area contributed by atoms with Crippen LogP contribution in [0, 0.1) is 6.92 Å². The molecule has 25 heavy (non-hydrogen) atoms. The molecule has 0 spiro atoms. The normalized spacial score (nSPS) is 15.4. The zero-order valence-electron chi connectivity index (χ0n) is 14.1. The van der Waals surface area contributed by atoms with Crippen LogP contribution in [0.15, 0.2) is 39.7 Å². The van der Waals surface area contributed by atoms with Gasteiger partial charge in [-0.25, -0.2) is 23.1 Å². The van der Waals surface area contributed by atoms with E-state index in [0.717, 1.165) is 41.9 Å². The number of aromatic nitrogens is 2. The number of nitrogens with zero attached hydrogens (tertiary/aromatic N) is 3. The number of hydrogen-bond donors (Lipinski definition) is 1. The molecule has 0 aliphatic carbocycles. The molecule has 1 aromatic carbocycles. The van der Waals surface area contributed by atoms with Crippen molar-refractivity contribution in [3.63, 3.8) is 0 Å². The second kappa shape index (κ2) is 7.80. The van der Waals surface area contributed by atoms with Crippen molar-refractivity contribution < 1.29 is 8.42 Å². The van der Waals surface area contributed by atoms with Crippen LogP contribution in [0.25, 0.3) is 0 Å². The zero-order chi connectivity index (χ0) is 17.9. The molecule has 1 saturated heterocycles. The molecule has 0 bridgehead atoms. The number of piperidine rings is 1. The highest BCUT2D eigenvalue weighted by atomic mass is 79.9. The van der Waals surface area contributed by atoms with Crippen LogP contribution in [0.2, 0.25) is 0 Å². The number of sulfonamides is 1. The standard InChI is InChI=1S/C17H21BrN4O2S/c1-13-11-17(22-9-3-2-4-10-22)21-16(20-13)12-19-25(23,24)15-7-5-14(18)6-8-15/h5-8,11,19H,2-4,9-10,12H2,1H3. The van der Waals surface area contributed by atoms with Gasteiger partial charge in [-0.3, -0.25) is 0 Å². The van der Waals surface area contributed by atoms with Gasteiger partial charge in [0.2, 0.25) is 10.0 Å². The first kappa shape index (κ1) is 18.3. The predicted octanol–water partition coefficient (Wildman–Crippen LogP) is 3.02. The molecule has 1 aromatic heterocycles. The fourth-order valence-electron chi connectivity index (χ4n) is 2.83. The van der Waals surface area contributed by atoms with Crippen molar-refractivity contribution in [3.05, 3.63) is 46.3 Å². The van der Waals surface area contributed by atoms with Crippen molar-refractivity contribution in [2.45, 2.75) is 37.6 Å². The smallest absolute Gasteiger partial charge is 0.240 e. The molecule has 0 amide bonds. The van der Waals surface area contributed by atoms with E-state index in [1.165, 1.54) is 6.42 Å². The van der Waals surface area contributed by atoms with Crippen molar-refractivity contribution in [2.24, 2.45) is 0 Å². The van der Waals surface area contributed by atoms with Gasteiger partial charge in [0, 0.05) is 29.3 Å². The summed E-state index contributed by atoms with van der Waals surface area (Å²) < 4.78 is 28.2. The van der Waals surface area contributed by atoms with E-state index in [-0.39, 0.29) is 11.4 Å². The van der Waals surface area contributed by atoms with Crippen molar-refractivity contribution in [2.75, 3.05) is 18.0 Å². The second-order valence-corrected chi connectivity index (χ2v) is 8.79. The van der Waals surface area contributed by atoms with E-state index >= 15 is 0 Å². The summed E-state index contributed by atoms with van der Waals surface area (Å²) >= 11 is 3.30. The van der Waals surface area contributed by atoms with E-state index in [1.807, 2.05) is 13.0 Å². The molecule has 0 atom stereocenters. The van der Waals surface area contributed by atoms with Gasteiger partial charge >= 0.3 is 0 Å². The van der Waals surface area contributed by atoms with Crippen LogP contribution >= 0.6 is 15.9 Å². The second-order valence-electron chi connectivity index (χ2n) is 6.11. The first-order valence-electron chi connectivity index (χ1n) is 8.29. The number of rotatable bonds is 5. The average molecular weight is 425 g/mol. The fourth-order valence-corrected chi connectivity index (χ4v) is 4.08. The Bertz CT molecular complexity index is 834. The lowest BCUT2D eigenvalue weighted by atomic mass is 10.1. The monoisotopic (exact) mass is 424 g/mol. The first-order valence-corrected chi connectivity index (χ1v) is 10.6. The summed E-state index contributed by atoms with van der Waals surface area (Å²) in [5.74, 6) is 1.37. The summed E-state index contributed by atoms with van der Waals surface area (Å²) in [6, 6.07) is 8.47. The maximum absolute atomic E-state index is 12.4. The summed E-state index contributed by atoms with van der Waals surface area (Å²) in [6.45, 7) is 3.95. The summed E-state index contributed by atoms with van der Waals surface area (Å²) in [7, 11) is -3.59. The molecule has 2 heterocycles. The number of benzene rings is 1. The van der Waals surface area contributed by atoms with E-state index in [1.54, 1.807) is 24.3 Å². The van der Waals surface area contributed by atoms with E-state index < -0.39 is 10.0 Å². The Morgan fingerprint density at radius 2 is 1.80 bits per heavy atom. The van der Waals surface area contributed by atoms with E-state index in [9.17, 15) is 8.42 Å². The van der Waals surface area contributed by atoms with Gasteiger partial charge in [0.05, 0.1) is 11.4 Å². The molecule has 134 valence electrons.